The van der Waals surface area contributed by atoms with E-state index >= 15 is 0 Å². The molecule has 0 spiro atoms. The highest BCUT2D eigenvalue weighted by Gasteiger charge is 2.20. The first-order chi connectivity index (χ1) is 14.2. The highest BCUT2D eigenvalue weighted by Crippen LogP contribution is 2.28. The fourth-order valence-corrected chi connectivity index (χ4v) is 4.41. The van der Waals surface area contributed by atoms with Gasteiger partial charge in [-0.2, -0.15) is 5.26 Å². The van der Waals surface area contributed by atoms with Crippen molar-refractivity contribution in [3.63, 3.8) is 0 Å². The Morgan fingerprint density at radius 2 is 1.90 bits per heavy atom. The maximum Gasteiger partial charge on any atom is 0.130 e. The average molecular weight is 391 g/mol. The second kappa shape index (κ2) is 9.23. The maximum atomic E-state index is 9.55. The molecular weight excluding hydrogens is 360 g/mol. The van der Waals surface area contributed by atoms with Crippen LogP contribution in [0.1, 0.15) is 50.5 Å². The van der Waals surface area contributed by atoms with Gasteiger partial charge in [-0.05, 0) is 62.4 Å². The number of aromatic nitrogens is 2. The number of hydrogen-bond donors (Lipinski definition) is 2. The van der Waals surface area contributed by atoms with Crippen molar-refractivity contribution < 1.29 is 0 Å². The Balaban J connectivity index is 1.56. The Kier molecular flexibility index (Phi) is 6.26. The lowest BCUT2D eigenvalue weighted by atomic mass is 9.95. The fraction of sp³-hybridized carbons (Fsp3) is 0.522. The molecule has 6 heteroatoms. The lowest BCUT2D eigenvalue weighted by molar-refractivity contribution is 0.413. The molecule has 4 rings (SSSR count). The van der Waals surface area contributed by atoms with Crippen molar-refractivity contribution in [2.24, 2.45) is 11.7 Å². The van der Waals surface area contributed by atoms with Gasteiger partial charge in [0.1, 0.15) is 11.6 Å². The number of nitriles is 1. The molecule has 0 unspecified atom stereocenters. The summed E-state index contributed by atoms with van der Waals surface area (Å²) in [4.78, 5) is 11.7. The number of pyridine rings is 2. The Bertz CT molecular complexity index is 860. The van der Waals surface area contributed by atoms with Crippen molar-refractivity contribution in [3.05, 3.63) is 36.0 Å². The van der Waals surface area contributed by atoms with E-state index in [0.717, 1.165) is 55.4 Å². The van der Waals surface area contributed by atoms with Crippen LogP contribution in [0.25, 0.3) is 11.3 Å². The van der Waals surface area contributed by atoms with Crippen LogP contribution in [-0.4, -0.2) is 35.6 Å². The van der Waals surface area contributed by atoms with Gasteiger partial charge in [-0.1, -0.05) is 19.3 Å². The second-order valence-corrected chi connectivity index (χ2v) is 8.29. The number of anilines is 2. The lowest BCUT2D eigenvalue weighted by Crippen LogP contribution is -2.36. The monoisotopic (exact) mass is 390 g/mol. The summed E-state index contributed by atoms with van der Waals surface area (Å²) in [7, 11) is 0. The topological polar surface area (TPSA) is 90.9 Å². The largest absolute Gasteiger partial charge is 0.367 e. The van der Waals surface area contributed by atoms with Gasteiger partial charge in [0.15, 0.2) is 0 Å². The molecule has 2 aromatic heterocycles. The number of nitrogens with zero attached hydrogens (tertiary/aromatic N) is 4. The van der Waals surface area contributed by atoms with Crippen molar-refractivity contribution in [3.8, 4) is 17.3 Å². The SMILES string of the molecule is N#Cc1cc(-c2ccnc(NC3CCCCC3)c2)nc(N2CCC(CN)CC2)c1. The molecule has 0 radical (unpaired) electrons. The molecule has 3 N–H and O–H groups in total. The number of hydrogen-bond acceptors (Lipinski definition) is 6. The molecule has 3 heterocycles. The van der Waals surface area contributed by atoms with E-state index in [9.17, 15) is 5.26 Å². The van der Waals surface area contributed by atoms with Crippen molar-refractivity contribution >= 4 is 11.6 Å². The van der Waals surface area contributed by atoms with Crippen molar-refractivity contribution in [2.75, 3.05) is 29.9 Å². The maximum absolute atomic E-state index is 9.55. The zero-order chi connectivity index (χ0) is 20.1. The third kappa shape index (κ3) is 4.86. The summed E-state index contributed by atoms with van der Waals surface area (Å²) in [5.74, 6) is 2.37. The van der Waals surface area contributed by atoms with Crippen LogP contribution in [-0.2, 0) is 0 Å². The number of rotatable bonds is 5. The van der Waals surface area contributed by atoms with E-state index in [1.165, 1.54) is 32.1 Å². The zero-order valence-electron chi connectivity index (χ0n) is 17.0. The summed E-state index contributed by atoms with van der Waals surface area (Å²) in [6.45, 7) is 2.63. The highest BCUT2D eigenvalue weighted by molar-refractivity contribution is 5.67. The van der Waals surface area contributed by atoms with E-state index in [1.807, 2.05) is 24.4 Å². The van der Waals surface area contributed by atoms with Gasteiger partial charge in [0.25, 0.3) is 0 Å². The molecule has 0 amide bonds. The quantitative estimate of drug-likeness (QED) is 0.804. The predicted octanol–water partition coefficient (Wildman–Crippen LogP) is 3.93. The van der Waals surface area contributed by atoms with Crippen LogP contribution in [0.4, 0.5) is 11.6 Å². The van der Waals surface area contributed by atoms with E-state index in [0.29, 0.717) is 17.5 Å². The molecule has 2 aromatic rings. The van der Waals surface area contributed by atoms with Gasteiger partial charge in [-0.15, -0.1) is 0 Å². The van der Waals surface area contributed by atoms with Gasteiger partial charge in [0.05, 0.1) is 17.3 Å². The molecule has 6 nitrogen and oxygen atoms in total. The van der Waals surface area contributed by atoms with Crippen LogP contribution >= 0.6 is 0 Å². The number of piperidine rings is 1. The minimum atomic E-state index is 0.504. The summed E-state index contributed by atoms with van der Waals surface area (Å²) < 4.78 is 0. The van der Waals surface area contributed by atoms with Crippen LogP contribution < -0.4 is 16.0 Å². The summed E-state index contributed by atoms with van der Waals surface area (Å²) in [6.07, 6.45) is 10.3. The fourth-order valence-electron chi connectivity index (χ4n) is 4.41. The highest BCUT2D eigenvalue weighted by atomic mass is 15.2. The van der Waals surface area contributed by atoms with E-state index < -0.39 is 0 Å². The molecule has 0 atom stereocenters. The Morgan fingerprint density at radius 1 is 1.10 bits per heavy atom. The van der Waals surface area contributed by atoms with Crippen molar-refractivity contribution in [1.82, 2.24) is 9.97 Å². The van der Waals surface area contributed by atoms with Gasteiger partial charge in [-0.25, -0.2) is 9.97 Å². The summed E-state index contributed by atoms with van der Waals surface area (Å²) in [5, 5.41) is 13.1. The van der Waals surface area contributed by atoms with E-state index in [1.54, 1.807) is 0 Å². The van der Waals surface area contributed by atoms with Crippen LogP contribution in [0.3, 0.4) is 0 Å². The van der Waals surface area contributed by atoms with Gasteiger partial charge in [0, 0.05) is 30.9 Å². The zero-order valence-corrected chi connectivity index (χ0v) is 17.0. The van der Waals surface area contributed by atoms with Crippen LogP contribution in [0.2, 0.25) is 0 Å². The molecule has 1 aliphatic heterocycles. The first-order valence-electron chi connectivity index (χ1n) is 10.9. The van der Waals surface area contributed by atoms with Gasteiger partial charge in [-0.3, -0.25) is 0 Å². The molecule has 1 saturated heterocycles. The molecular formula is C23H30N6. The van der Waals surface area contributed by atoms with Gasteiger partial charge < -0.3 is 16.0 Å². The number of nitrogens with two attached hydrogens (primary N) is 1. The molecule has 1 saturated carbocycles. The summed E-state index contributed by atoms with van der Waals surface area (Å²) >= 11 is 0. The molecule has 29 heavy (non-hydrogen) atoms. The first kappa shape index (κ1) is 19.7. The third-order valence-corrected chi connectivity index (χ3v) is 6.23. The lowest BCUT2D eigenvalue weighted by Gasteiger charge is -2.32. The van der Waals surface area contributed by atoms with Crippen molar-refractivity contribution in [2.45, 2.75) is 51.0 Å². The Labute approximate surface area is 173 Å². The second-order valence-electron chi connectivity index (χ2n) is 8.29. The molecule has 1 aliphatic carbocycles. The van der Waals surface area contributed by atoms with Crippen molar-refractivity contribution in [1.29, 1.82) is 5.26 Å². The number of nitrogens with one attached hydrogen (secondary N) is 1. The molecule has 2 fully saturated rings. The minimum Gasteiger partial charge on any atom is -0.367 e. The first-order valence-corrected chi connectivity index (χ1v) is 10.9. The Morgan fingerprint density at radius 3 is 2.62 bits per heavy atom. The molecule has 0 aromatic carbocycles. The molecule has 0 bridgehead atoms. The summed E-state index contributed by atoms with van der Waals surface area (Å²) in [5.41, 5.74) is 8.29. The Hall–Kier alpha value is -2.65. The van der Waals surface area contributed by atoms with E-state index in [-0.39, 0.29) is 0 Å². The minimum absolute atomic E-state index is 0.504. The smallest absolute Gasteiger partial charge is 0.130 e. The van der Waals surface area contributed by atoms with Crippen LogP contribution in [0.15, 0.2) is 30.5 Å². The van der Waals surface area contributed by atoms with Crippen LogP contribution in [0, 0.1) is 17.2 Å². The van der Waals surface area contributed by atoms with E-state index in [2.05, 4.69) is 27.3 Å². The third-order valence-electron chi connectivity index (χ3n) is 6.23. The van der Waals surface area contributed by atoms with Crippen LogP contribution in [0.5, 0.6) is 0 Å². The molecule has 2 aliphatic rings. The normalized spacial score (nSPS) is 18.4. The van der Waals surface area contributed by atoms with Gasteiger partial charge >= 0.3 is 0 Å². The summed E-state index contributed by atoms with van der Waals surface area (Å²) in [6, 6.07) is 10.6. The standard InChI is InChI=1S/C23H30N6/c24-15-17-7-10-29(11-8-17)23-13-18(16-25)12-21(28-23)19-6-9-26-22(14-19)27-20-4-2-1-3-5-20/h6,9,12-14,17,20H,1-5,7-8,10-11,15,24H2,(H,26,27). The predicted molar refractivity (Wildman–Crippen MR) is 117 cm³/mol. The van der Waals surface area contributed by atoms with Gasteiger partial charge in [0.2, 0.25) is 0 Å². The van der Waals surface area contributed by atoms with E-state index in [4.69, 9.17) is 10.7 Å². The average Bonchev–Trinajstić information content (AvgIpc) is 2.79. The molecule has 152 valence electrons.